The summed E-state index contributed by atoms with van der Waals surface area (Å²) in [5.41, 5.74) is 12.6. The third kappa shape index (κ3) is 5.19. The van der Waals surface area contributed by atoms with Crippen LogP contribution in [0.2, 0.25) is 0 Å². The lowest BCUT2D eigenvalue weighted by atomic mass is 9.87. The Morgan fingerprint density at radius 3 is 2.19 bits per heavy atom. The number of para-hydroxylation sites is 1. The van der Waals surface area contributed by atoms with Crippen molar-refractivity contribution in [1.29, 1.82) is 0 Å². The molecular weight excluding hydrogens is 661 g/mol. The molecule has 0 saturated heterocycles. The molecule has 0 fully saturated rings. The lowest BCUT2D eigenvalue weighted by Crippen LogP contribution is -2.30. The van der Waals surface area contributed by atoms with Gasteiger partial charge in [-0.05, 0) is 84.0 Å². The number of anilines is 2. The normalized spacial score (nSPS) is 19.6. The summed E-state index contributed by atoms with van der Waals surface area (Å²) in [6.45, 7) is 0. The lowest BCUT2D eigenvalue weighted by Gasteiger charge is -2.31. The molecule has 3 unspecified atom stereocenters. The van der Waals surface area contributed by atoms with E-state index in [1.807, 2.05) is 0 Å². The maximum atomic E-state index is 6.69. The van der Waals surface area contributed by atoms with Gasteiger partial charge in [0.05, 0.1) is 6.04 Å². The molecule has 0 saturated carbocycles. The Balaban J connectivity index is 0.986. The fourth-order valence-corrected chi connectivity index (χ4v) is 8.72. The summed E-state index contributed by atoms with van der Waals surface area (Å²) in [5, 5.41) is 2.17. The van der Waals surface area contributed by atoms with E-state index in [1.54, 1.807) is 0 Å². The largest absolute Gasteiger partial charge is 0.456 e. The summed E-state index contributed by atoms with van der Waals surface area (Å²) in [5.74, 6) is 2.55. The monoisotopic (exact) mass is 696 g/mol. The Kier molecular flexibility index (Phi) is 7.19. The van der Waals surface area contributed by atoms with Gasteiger partial charge in [0.1, 0.15) is 17.0 Å². The number of allylic oxidation sites excluding steroid dienone is 8. The number of furan rings is 1. The average Bonchev–Trinajstić information content (AvgIpc) is 3.77. The van der Waals surface area contributed by atoms with Gasteiger partial charge in [0.25, 0.3) is 0 Å². The van der Waals surface area contributed by atoms with E-state index in [-0.39, 0.29) is 12.0 Å². The molecule has 11 rings (SSSR count). The third-order valence-electron chi connectivity index (χ3n) is 11.4. The van der Waals surface area contributed by atoms with E-state index in [0.717, 1.165) is 63.8 Å². The minimum atomic E-state index is 0.0853. The van der Waals surface area contributed by atoms with Crippen molar-refractivity contribution in [2.45, 2.75) is 37.1 Å². The van der Waals surface area contributed by atoms with Crippen molar-refractivity contribution in [1.82, 2.24) is 15.0 Å². The van der Waals surface area contributed by atoms with E-state index in [4.69, 9.17) is 19.4 Å². The number of hydrogen-bond donors (Lipinski definition) is 0. The molecule has 54 heavy (non-hydrogen) atoms. The molecule has 3 atom stereocenters. The molecule has 5 aromatic carbocycles. The van der Waals surface area contributed by atoms with Crippen LogP contribution >= 0.6 is 0 Å². The van der Waals surface area contributed by atoms with Crippen LogP contribution in [0.5, 0.6) is 0 Å². The number of rotatable bonds is 5. The van der Waals surface area contributed by atoms with Gasteiger partial charge in [-0.3, -0.25) is 0 Å². The molecule has 258 valence electrons. The summed E-state index contributed by atoms with van der Waals surface area (Å²) in [6, 6.07) is 39.4. The van der Waals surface area contributed by atoms with Crippen molar-refractivity contribution < 1.29 is 4.42 Å². The molecule has 5 heteroatoms. The van der Waals surface area contributed by atoms with Gasteiger partial charge in [-0.25, -0.2) is 15.0 Å². The van der Waals surface area contributed by atoms with E-state index in [0.29, 0.717) is 17.6 Å². The summed E-state index contributed by atoms with van der Waals surface area (Å²) in [4.78, 5) is 17.8. The number of nitrogens with zero attached hydrogens (tertiary/aromatic N) is 4. The SMILES string of the molecule is C1=CCC(c2cccc(-c3nc(-c4ccc5c(c4)oc4cc(N6c7ccccc7C7=Cc8ccccc8CC76)ccc45)nc(C4C=CC=CC4)n3)c2)C=C1. The van der Waals surface area contributed by atoms with Crippen LogP contribution in [0.1, 0.15) is 52.8 Å². The van der Waals surface area contributed by atoms with E-state index < -0.39 is 0 Å². The Hall–Kier alpha value is -6.59. The van der Waals surface area contributed by atoms with Gasteiger partial charge in [0.15, 0.2) is 11.6 Å². The predicted molar refractivity (Wildman–Crippen MR) is 220 cm³/mol. The molecular formula is C49H36N4O. The Morgan fingerprint density at radius 1 is 0.611 bits per heavy atom. The second-order valence-corrected chi connectivity index (χ2v) is 14.7. The fraction of sp³-hybridized carbons (Fsp3) is 0.122. The first-order chi connectivity index (χ1) is 26.7. The zero-order valence-corrected chi connectivity index (χ0v) is 29.6. The van der Waals surface area contributed by atoms with Gasteiger partial charge in [-0.2, -0.15) is 0 Å². The van der Waals surface area contributed by atoms with Gasteiger partial charge in [0, 0.05) is 56.7 Å². The molecule has 2 aromatic heterocycles. The standard InChI is InChI=1S/C49H36N4O/c1-3-12-31(13-4-1)33-18-11-19-36(26-33)48-50-47(32-14-5-2-6-15-32)51-49(52-48)37-22-24-40-41-25-23-38(30-46(41)54-45(40)29-37)53-43-21-10-9-20-39(43)42-27-34-16-7-8-17-35(34)28-44(42)53/h1-12,14,16-27,29-32,44H,13,15,28H2. The van der Waals surface area contributed by atoms with Crippen LogP contribution in [-0.4, -0.2) is 21.0 Å². The van der Waals surface area contributed by atoms with E-state index in [9.17, 15) is 0 Å². The van der Waals surface area contributed by atoms with Crippen LogP contribution in [0.4, 0.5) is 11.4 Å². The molecule has 4 aliphatic rings. The highest BCUT2D eigenvalue weighted by Crippen LogP contribution is 2.49. The molecule has 0 spiro atoms. The molecule has 0 amide bonds. The first-order valence-corrected chi connectivity index (χ1v) is 18.9. The van der Waals surface area contributed by atoms with Gasteiger partial charge < -0.3 is 9.32 Å². The zero-order valence-electron chi connectivity index (χ0n) is 29.6. The fourth-order valence-electron chi connectivity index (χ4n) is 8.72. The van der Waals surface area contributed by atoms with Crippen LogP contribution in [-0.2, 0) is 6.42 Å². The van der Waals surface area contributed by atoms with Crippen LogP contribution in [0, 0.1) is 0 Å². The number of hydrogen-bond acceptors (Lipinski definition) is 5. The third-order valence-corrected chi connectivity index (χ3v) is 11.4. The van der Waals surface area contributed by atoms with Crippen LogP contribution < -0.4 is 4.90 Å². The van der Waals surface area contributed by atoms with E-state index >= 15 is 0 Å². The second kappa shape index (κ2) is 12.5. The van der Waals surface area contributed by atoms with Gasteiger partial charge >= 0.3 is 0 Å². The molecule has 3 heterocycles. The second-order valence-electron chi connectivity index (χ2n) is 14.7. The highest BCUT2D eigenvalue weighted by molar-refractivity contribution is 6.08. The minimum Gasteiger partial charge on any atom is -0.456 e. The highest BCUT2D eigenvalue weighted by atomic mass is 16.3. The summed E-state index contributed by atoms with van der Waals surface area (Å²) in [7, 11) is 0. The number of benzene rings is 5. The molecule has 0 bridgehead atoms. The highest BCUT2D eigenvalue weighted by Gasteiger charge is 2.37. The first-order valence-electron chi connectivity index (χ1n) is 18.9. The maximum absolute atomic E-state index is 6.69. The lowest BCUT2D eigenvalue weighted by molar-refractivity contribution is 0.668. The molecule has 1 aliphatic heterocycles. The molecule has 0 N–H and O–H groups in total. The van der Waals surface area contributed by atoms with Crippen LogP contribution in [0.25, 0.3) is 56.4 Å². The van der Waals surface area contributed by atoms with Crippen molar-refractivity contribution in [3.8, 4) is 22.8 Å². The molecule has 0 radical (unpaired) electrons. The van der Waals surface area contributed by atoms with Crippen molar-refractivity contribution in [2.75, 3.05) is 4.90 Å². The quantitative estimate of drug-likeness (QED) is 0.179. The first kappa shape index (κ1) is 31.0. The van der Waals surface area contributed by atoms with Crippen molar-refractivity contribution in [3.05, 3.63) is 186 Å². The van der Waals surface area contributed by atoms with Crippen LogP contribution in [0.15, 0.2) is 162 Å². The molecule has 5 nitrogen and oxygen atoms in total. The average molecular weight is 697 g/mol. The van der Waals surface area contributed by atoms with Gasteiger partial charge in [-0.15, -0.1) is 0 Å². The summed E-state index contributed by atoms with van der Waals surface area (Å²) >= 11 is 0. The Bertz CT molecular complexity index is 2800. The van der Waals surface area contributed by atoms with E-state index in [2.05, 4.69) is 169 Å². The van der Waals surface area contributed by atoms with Crippen molar-refractivity contribution in [3.63, 3.8) is 0 Å². The van der Waals surface area contributed by atoms with Crippen molar-refractivity contribution in [2.24, 2.45) is 0 Å². The summed E-state index contributed by atoms with van der Waals surface area (Å²) in [6.07, 6.45) is 22.5. The minimum absolute atomic E-state index is 0.0853. The summed E-state index contributed by atoms with van der Waals surface area (Å²) < 4.78 is 6.69. The Labute approximate surface area is 314 Å². The maximum Gasteiger partial charge on any atom is 0.163 e. The van der Waals surface area contributed by atoms with Gasteiger partial charge in [0.2, 0.25) is 0 Å². The van der Waals surface area contributed by atoms with E-state index in [1.165, 1.54) is 33.5 Å². The smallest absolute Gasteiger partial charge is 0.163 e. The Morgan fingerprint density at radius 2 is 1.35 bits per heavy atom. The topological polar surface area (TPSA) is 55.1 Å². The number of aromatic nitrogens is 3. The zero-order chi connectivity index (χ0) is 35.6. The molecule has 7 aromatic rings. The number of fused-ring (bicyclic) bond motifs is 7. The van der Waals surface area contributed by atoms with Gasteiger partial charge in [-0.1, -0.05) is 115 Å². The predicted octanol–water partition coefficient (Wildman–Crippen LogP) is 11.9. The van der Waals surface area contributed by atoms with Crippen molar-refractivity contribution >= 4 is 45.0 Å². The van der Waals surface area contributed by atoms with Crippen LogP contribution in [0.3, 0.4) is 0 Å². The molecule has 3 aliphatic carbocycles.